The summed E-state index contributed by atoms with van der Waals surface area (Å²) in [4.78, 5) is 77.4. The van der Waals surface area contributed by atoms with Crippen LogP contribution in [0.2, 0.25) is 15.1 Å². The molecule has 7 heterocycles. The summed E-state index contributed by atoms with van der Waals surface area (Å²) in [6.07, 6.45) is 0.805. The van der Waals surface area contributed by atoms with E-state index in [1.807, 2.05) is 141 Å². The molecule has 1 saturated heterocycles. The van der Waals surface area contributed by atoms with E-state index in [1.54, 1.807) is 84.4 Å². The minimum atomic E-state index is -1.14. The number of halogens is 5. The first kappa shape index (κ1) is 95.9. The Balaban J connectivity index is 0.000000205. The van der Waals surface area contributed by atoms with Crippen molar-refractivity contribution in [2.75, 3.05) is 49.8 Å². The molecule has 4 N–H and O–H groups in total. The number of aromatic nitrogens is 9. The standard InChI is InChI=1S/C27H28ClN3O6.C26H26ClN3O6.C19H27BN2O4.C14H13BrClNO4.CH4.FH/c1-15-22(26(30-31(15)2)37-14-16-6-8-17(34-3)9-7-16)23-20(28)12-10-18-19(11-13-21(32)35-4)25(27(33)36-5)29-24(18)23;1-14-21(25(28-30(14)3)36-13-15-5-7-16(35-4)8-6-15)22-19(27)11-9-17-18(10-12-20(31)32)24(26(33)34)29(2)23(17)22;1-13-16(20-25-18(2,3)19(4,5)26-20)17(21-22(13)6)24-12-14-8-10-15(23-7)11-9-14;1-20-10(18)6-4-8-7-3-5-9(16)11(15)12(7)17-13(8)14(19)21-2;;/h6-10,12,29H,11,13-14H2,1-5H3;5-9,11H,10,12-13H2,1-4H3,(H,31,32)(H,33,34);8-11H,12H2,1-7H3;3,5,17H,4,6H2,1-2H3;1H4;1H. The van der Waals surface area contributed by atoms with Crippen LogP contribution in [0.1, 0.15) is 136 Å². The number of esters is 4. The molecule has 122 heavy (non-hydrogen) atoms. The molecule has 0 saturated carbocycles. The highest BCUT2D eigenvalue weighted by Gasteiger charge is 2.54. The zero-order valence-corrected chi connectivity index (χ0v) is 74.0. The third kappa shape index (κ3) is 21.0. The molecule has 12 aromatic rings. The van der Waals surface area contributed by atoms with E-state index in [2.05, 4.69) is 45.9 Å². The molecule has 0 spiro atoms. The van der Waals surface area contributed by atoms with E-state index in [9.17, 15) is 39.0 Å². The normalized spacial score (nSPS) is 12.3. The van der Waals surface area contributed by atoms with Gasteiger partial charge in [0, 0.05) is 91.8 Å². The molecule has 13 rings (SSSR count). The van der Waals surface area contributed by atoms with Gasteiger partial charge in [0.15, 0.2) is 0 Å². The number of carboxylic acid groups (broad SMARTS) is 2. The molecule has 0 aliphatic carbocycles. The number of aliphatic carboxylic acids is 1. The van der Waals surface area contributed by atoms with Crippen LogP contribution in [0.4, 0.5) is 4.70 Å². The highest BCUT2D eigenvalue weighted by molar-refractivity contribution is 9.10. The van der Waals surface area contributed by atoms with Gasteiger partial charge in [0.1, 0.15) is 54.2 Å². The van der Waals surface area contributed by atoms with Gasteiger partial charge in [0.25, 0.3) is 0 Å². The third-order valence-electron chi connectivity index (χ3n) is 21.1. The first-order valence-electron chi connectivity index (χ1n) is 37.7. The Labute approximate surface area is 728 Å². The Morgan fingerprint density at radius 3 is 1.25 bits per heavy atom. The maximum atomic E-state index is 12.6. The summed E-state index contributed by atoms with van der Waals surface area (Å²) in [5, 5.41) is 36.4. The average molecular weight is 1810 g/mol. The van der Waals surface area contributed by atoms with Crippen LogP contribution in [-0.4, -0.2) is 158 Å². The molecular weight excluding hydrogens is 1710 g/mol. The van der Waals surface area contributed by atoms with Crippen molar-refractivity contribution in [3.05, 3.63) is 196 Å². The van der Waals surface area contributed by atoms with Crippen molar-refractivity contribution in [1.29, 1.82) is 0 Å². The zero-order valence-electron chi connectivity index (χ0n) is 70.1. The molecule has 0 atom stereocenters. The Hall–Kier alpha value is -11.5. The average Bonchev–Trinajstić information content (AvgIpc) is 1.57. The maximum Gasteiger partial charge on any atom is 0.502 e. The second kappa shape index (κ2) is 41.3. The molecule has 0 bridgehead atoms. The van der Waals surface area contributed by atoms with Crippen LogP contribution < -0.4 is 33.9 Å². The molecule has 0 amide bonds. The molecule has 650 valence electrons. The lowest BCUT2D eigenvalue weighted by Crippen LogP contribution is -2.41. The number of fused-ring (bicyclic) bond motifs is 3. The van der Waals surface area contributed by atoms with Crippen LogP contribution in [0.15, 0.2) is 114 Å². The number of aromatic carboxylic acids is 1. The van der Waals surface area contributed by atoms with Crippen molar-refractivity contribution >= 4 is 132 Å². The van der Waals surface area contributed by atoms with Gasteiger partial charge >= 0.3 is 42.9 Å². The molecule has 0 radical (unpaired) electrons. The number of aryl methyl sites for hydroxylation is 7. The number of H-pyrrole nitrogens is 2. The van der Waals surface area contributed by atoms with Crippen molar-refractivity contribution in [2.45, 2.75) is 125 Å². The second-order valence-electron chi connectivity index (χ2n) is 28.8. The number of methoxy groups -OCH3 is 7. The van der Waals surface area contributed by atoms with Crippen LogP contribution in [0.5, 0.6) is 34.9 Å². The summed E-state index contributed by atoms with van der Waals surface area (Å²) >= 11 is 22.9. The number of hydrogen-bond acceptors (Lipinski definition) is 21. The van der Waals surface area contributed by atoms with Gasteiger partial charge in [-0.1, -0.05) is 96.8 Å². The number of carbonyl (C=O) groups is 6. The lowest BCUT2D eigenvalue weighted by Gasteiger charge is -2.32. The molecule has 6 aromatic carbocycles. The minimum absolute atomic E-state index is 0. The first-order chi connectivity index (χ1) is 57.0. The summed E-state index contributed by atoms with van der Waals surface area (Å²) < 4.78 is 72.9. The van der Waals surface area contributed by atoms with Gasteiger partial charge in [0.2, 0.25) is 17.6 Å². The topological polar surface area (TPSA) is 344 Å². The number of carbonyl (C=O) groups excluding carboxylic acids is 4. The van der Waals surface area contributed by atoms with Crippen LogP contribution >= 0.6 is 50.7 Å². The lowest BCUT2D eigenvalue weighted by molar-refractivity contribution is -0.141. The highest BCUT2D eigenvalue weighted by Crippen LogP contribution is 2.47. The van der Waals surface area contributed by atoms with Crippen molar-refractivity contribution in [3.8, 4) is 57.1 Å². The third-order valence-corrected chi connectivity index (χ3v) is 23.1. The predicted molar refractivity (Wildman–Crippen MR) is 467 cm³/mol. The van der Waals surface area contributed by atoms with Crippen LogP contribution in [0.25, 0.3) is 55.0 Å². The molecule has 0 unspecified atom stereocenters. The van der Waals surface area contributed by atoms with Gasteiger partial charge in [0.05, 0.1) is 114 Å². The Kier molecular flexibility index (Phi) is 32.5. The first-order valence-corrected chi connectivity index (χ1v) is 39.6. The van der Waals surface area contributed by atoms with E-state index in [1.165, 1.54) is 28.4 Å². The monoisotopic (exact) mass is 1800 g/mol. The van der Waals surface area contributed by atoms with Gasteiger partial charge in [-0.05, 0) is 172 Å². The van der Waals surface area contributed by atoms with E-state index in [4.69, 9.17) is 86.7 Å². The SMILES string of the molecule is C.COC(=O)CCc1c(C(=O)OC)[nH]c2c(-c3c(OCc4ccc(OC)cc4)nn(C)c3C)c(Cl)ccc12.COC(=O)CCc1c(C(=O)OC)[nH]c2c(Br)c(Cl)ccc12.COc1ccc(COc2nn(C)c(C)c2-c2c(Cl)ccc3c(CCC(=O)O)c(C(=O)O)n(C)c23)cc1.COc1ccc(COc2nn(C)c(C)c2B2OC(C)(C)C(C)(C)O2)cc1.F. The maximum absolute atomic E-state index is 12.6. The van der Waals surface area contributed by atoms with E-state index in [0.29, 0.717) is 117 Å². The Morgan fingerprint density at radius 1 is 0.475 bits per heavy atom. The molecule has 35 heteroatoms. The van der Waals surface area contributed by atoms with Gasteiger partial charge in [-0.3, -0.25) is 33.1 Å². The summed E-state index contributed by atoms with van der Waals surface area (Å²) in [7, 11) is 16.8. The zero-order chi connectivity index (χ0) is 87.5. The van der Waals surface area contributed by atoms with E-state index in [0.717, 1.165) is 67.3 Å². The molecule has 1 aliphatic heterocycles. The van der Waals surface area contributed by atoms with Gasteiger partial charge in [-0.25, -0.2) is 14.4 Å². The van der Waals surface area contributed by atoms with Gasteiger partial charge in [-0.15, -0.1) is 15.3 Å². The second-order valence-corrected chi connectivity index (χ2v) is 30.8. The van der Waals surface area contributed by atoms with Crippen LogP contribution in [-0.2, 0) is 110 Å². The summed E-state index contributed by atoms with van der Waals surface area (Å²) in [5.41, 5.74) is 12.3. The molecule has 6 aromatic heterocycles. The van der Waals surface area contributed by atoms with E-state index in [-0.39, 0.29) is 80.8 Å². The van der Waals surface area contributed by atoms with Gasteiger partial charge < -0.3 is 81.4 Å². The Bertz CT molecular complexity index is 5780. The molecular formula is C87H99BBrCl3FN9O20. The number of nitrogens with one attached hydrogen (secondary N) is 2. The number of nitrogens with zero attached hydrogens (tertiary/aromatic N) is 7. The largest absolute Gasteiger partial charge is 0.502 e. The molecule has 1 fully saturated rings. The molecule has 29 nitrogen and oxygen atoms in total. The summed E-state index contributed by atoms with van der Waals surface area (Å²) in [6.45, 7) is 14.9. The fraction of sp³-hybridized carbons (Fsp3) is 0.345. The summed E-state index contributed by atoms with van der Waals surface area (Å²) in [6, 6.07) is 33.4. The number of benzene rings is 6. The van der Waals surface area contributed by atoms with E-state index < -0.39 is 42.2 Å². The van der Waals surface area contributed by atoms with Crippen LogP contribution in [0, 0.1) is 20.8 Å². The number of hydrogen-bond donors (Lipinski definition) is 4. The number of rotatable bonds is 27. The predicted octanol–water partition coefficient (Wildman–Crippen LogP) is 16.7. The lowest BCUT2D eigenvalue weighted by atomic mass is 9.79. The van der Waals surface area contributed by atoms with Crippen LogP contribution in [0.3, 0.4) is 0 Å². The fourth-order valence-electron chi connectivity index (χ4n) is 13.6. The number of ether oxygens (including phenoxy) is 10. The minimum Gasteiger partial charge on any atom is -0.497 e. The highest BCUT2D eigenvalue weighted by atomic mass is 79.9. The van der Waals surface area contributed by atoms with E-state index >= 15 is 0 Å². The number of carboxylic acids is 2. The Morgan fingerprint density at radius 2 is 0.844 bits per heavy atom. The quantitative estimate of drug-likeness (QED) is 0.0211. The fourth-order valence-corrected chi connectivity index (χ4v) is 14.7. The van der Waals surface area contributed by atoms with Crippen molar-refractivity contribution < 1.29 is 100 Å². The van der Waals surface area contributed by atoms with Crippen molar-refractivity contribution in [1.82, 2.24) is 43.9 Å². The molecule has 1 aliphatic rings. The van der Waals surface area contributed by atoms with Crippen molar-refractivity contribution in [2.24, 2.45) is 28.2 Å². The van der Waals surface area contributed by atoms with Crippen molar-refractivity contribution in [3.63, 3.8) is 0 Å². The summed E-state index contributed by atoms with van der Waals surface area (Å²) in [5.74, 6) is -0.294. The smallest absolute Gasteiger partial charge is 0.497 e. The number of aromatic amines is 2. The van der Waals surface area contributed by atoms with Gasteiger partial charge in [-0.2, -0.15) is 0 Å².